The van der Waals surface area contributed by atoms with Crippen LogP contribution in [0.2, 0.25) is 5.02 Å². The van der Waals surface area contributed by atoms with Gasteiger partial charge in [-0.05, 0) is 32.1 Å². The Labute approximate surface area is 132 Å². The fourth-order valence-electron chi connectivity index (χ4n) is 2.47. The molecule has 2 aromatic heterocycles. The summed E-state index contributed by atoms with van der Waals surface area (Å²) in [5.41, 5.74) is 1.87. The Morgan fingerprint density at radius 1 is 1.62 bits per heavy atom. The van der Waals surface area contributed by atoms with E-state index in [0.29, 0.717) is 16.1 Å². The first kappa shape index (κ1) is 14.5. The molecule has 7 heteroatoms. The Hall–Kier alpha value is -1.40. The van der Waals surface area contributed by atoms with E-state index in [1.165, 1.54) is 11.3 Å². The van der Waals surface area contributed by atoms with Crippen molar-refractivity contribution >= 4 is 34.0 Å². The zero-order chi connectivity index (χ0) is 15.0. The highest BCUT2D eigenvalue weighted by atomic mass is 35.5. The average molecular weight is 325 g/mol. The standard InChI is InChI=1S/C14H17ClN4OS/c1-8-3-4-11-12(5-8)21-14(16-11)17-13(20)7-19-6-10(15)9(2)18-19/h6,8H,3-5,7H2,1-2H3,(H,16,17,20)/t8-/m0/s1. The predicted molar refractivity (Wildman–Crippen MR) is 83.9 cm³/mol. The normalized spacial score (nSPS) is 17.6. The van der Waals surface area contributed by atoms with Gasteiger partial charge in [0.15, 0.2) is 5.13 Å². The molecule has 1 amide bonds. The molecule has 2 heterocycles. The van der Waals surface area contributed by atoms with Crippen molar-refractivity contribution in [3.8, 4) is 0 Å². The van der Waals surface area contributed by atoms with E-state index in [4.69, 9.17) is 11.6 Å². The Balaban J connectivity index is 1.65. The van der Waals surface area contributed by atoms with Gasteiger partial charge in [-0.15, -0.1) is 11.3 Å². The Bertz CT molecular complexity index is 659. The molecular weight excluding hydrogens is 308 g/mol. The van der Waals surface area contributed by atoms with Gasteiger partial charge in [0, 0.05) is 11.1 Å². The van der Waals surface area contributed by atoms with Crippen LogP contribution in [-0.4, -0.2) is 20.7 Å². The van der Waals surface area contributed by atoms with E-state index in [2.05, 4.69) is 22.3 Å². The van der Waals surface area contributed by atoms with Crippen molar-refractivity contribution in [3.63, 3.8) is 0 Å². The zero-order valence-corrected chi connectivity index (χ0v) is 13.6. The molecule has 0 aliphatic heterocycles. The lowest BCUT2D eigenvalue weighted by molar-refractivity contribution is -0.116. The minimum Gasteiger partial charge on any atom is -0.300 e. The summed E-state index contributed by atoms with van der Waals surface area (Å²) >= 11 is 7.52. The lowest BCUT2D eigenvalue weighted by Crippen LogP contribution is -2.19. The van der Waals surface area contributed by atoms with E-state index >= 15 is 0 Å². The van der Waals surface area contributed by atoms with Crippen molar-refractivity contribution in [1.29, 1.82) is 0 Å². The van der Waals surface area contributed by atoms with Crippen molar-refractivity contribution in [3.05, 3.63) is 27.5 Å². The number of halogens is 1. The molecule has 3 rings (SSSR count). The number of hydrogen-bond acceptors (Lipinski definition) is 4. The number of rotatable bonds is 3. The van der Waals surface area contributed by atoms with Gasteiger partial charge in [-0.1, -0.05) is 18.5 Å². The fourth-order valence-corrected chi connectivity index (χ4v) is 3.81. The van der Waals surface area contributed by atoms with E-state index in [9.17, 15) is 4.79 Å². The van der Waals surface area contributed by atoms with Crippen LogP contribution < -0.4 is 5.32 Å². The second-order valence-electron chi connectivity index (χ2n) is 5.55. The molecule has 0 unspecified atom stereocenters. The second-order valence-corrected chi connectivity index (χ2v) is 7.04. The minimum absolute atomic E-state index is 0.131. The van der Waals surface area contributed by atoms with Crippen molar-refractivity contribution in [2.75, 3.05) is 5.32 Å². The quantitative estimate of drug-likeness (QED) is 0.944. The molecule has 112 valence electrons. The van der Waals surface area contributed by atoms with Gasteiger partial charge in [0.05, 0.1) is 16.4 Å². The lowest BCUT2D eigenvalue weighted by atomic mass is 9.93. The summed E-state index contributed by atoms with van der Waals surface area (Å²) in [5, 5.41) is 8.29. The topological polar surface area (TPSA) is 59.8 Å². The number of carbonyl (C=O) groups excluding carboxylic acids is 1. The highest BCUT2D eigenvalue weighted by Crippen LogP contribution is 2.32. The first-order valence-electron chi connectivity index (χ1n) is 6.99. The molecule has 5 nitrogen and oxygen atoms in total. The summed E-state index contributed by atoms with van der Waals surface area (Å²) in [4.78, 5) is 17.9. The van der Waals surface area contributed by atoms with Crippen LogP contribution in [0, 0.1) is 12.8 Å². The van der Waals surface area contributed by atoms with Gasteiger partial charge in [0.1, 0.15) is 6.54 Å². The first-order valence-corrected chi connectivity index (χ1v) is 8.18. The maximum atomic E-state index is 12.0. The monoisotopic (exact) mass is 324 g/mol. The lowest BCUT2D eigenvalue weighted by Gasteiger charge is -2.15. The van der Waals surface area contributed by atoms with Crippen LogP contribution in [-0.2, 0) is 24.2 Å². The third kappa shape index (κ3) is 3.27. The maximum absolute atomic E-state index is 12.0. The van der Waals surface area contributed by atoms with E-state index in [1.807, 2.05) is 6.92 Å². The summed E-state index contributed by atoms with van der Waals surface area (Å²) in [7, 11) is 0. The first-order chi connectivity index (χ1) is 10.0. The number of nitrogens with zero attached hydrogens (tertiary/aromatic N) is 3. The minimum atomic E-state index is -0.131. The summed E-state index contributed by atoms with van der Waals surface area (Å²) < 4.78 is 1.54. The Kier molecular flexibility index (Phi) is 3.99. The van der Waals surface area contributed by atoms with Crippen molar-refractivity contribution in [2.24, 2.45) is 5.92 Å². The van der Waals surface area contributed by atoms with E-state index in [1.54, 1.807) is 22.2 Å². The summed E-state index contributed by atoms with van der Waals surface area (Å²) in [6.45, 7) is 4.21. The van der Waals surface area contributed by atoms with E-state index < -0.39 is 0 Å². The van der Waals surface area contributed by atoms with Gasteiger partial charge < -0.3 is 5.32 Å². The van der Waals surface area contributed by atoms with Crippen LogP contribution in [0.5, 0.6) is 0 Å². The predicted octanol–water partition coefficient (Wildman–Crippen LogP) is 3.06. The molecule has 21 heavy (non-hydrogen) atoms. The molecule has 1 atom stereocenters. The number of thiazole rings is 1. The highest BCUT2D eigenvalue weighted by Gasteiger charge is 2.20. The average Bonchev–Trinajstić information content (AvgIpc) is 2.92. The molecule has 0 fully saturated rings. The van der Waals surface area contributed by atoms with E-state index in [0.717, 1.165) is 24.2 Å². The molecule has 0 aromatic carbocycles. The third-order valence-corrected chi connectivity index (χ3v) is 5.03. The van der Waals surface area contributed by atoms with Crippen LogP contribution in [0.3, 0.4) is 0 Å². The van der Waals surface area contributed by atoms with Gasteiger partial charge in [-0.2, -0.15) is 5.10 Å². The molecule has 1 N–H and O–H groups in total. The van der Waals surface area contributed by atoms with Crippen LogP contribution in [0.4, 0.5) is 5.13 Å². The molecule has 0 bridgehead atoms. The summed E-state index contributed by atoms with van der Waals surface area (Å²) in [6.07, 6.45) is 4.91. The van der Waals surface area contributed by atoms with Gasteiger partial charge in [-0.25, -0.2) is 4.98 Å². The SMILES string of the molecule is Cc1nn(CC(=O)Nc2nc3c(s2)C[C@@H](C)CC3)cc1Cl. The van der Waals surface area contributed by atoms with Gasteiger partial charge in [0.2, 0.25) is 5.91 Å². The number of fused-ring (bicyclic) bond motifs is 1. The smallest absolute Gasteiger partial charge is 0.247 e. The maximum Gasteiger partial charge on any atom is 0.247 e. The number of hydrogen-bond donors (Lipinski definition) is 1. The van der Waals surface area contributed by atoms with Crippen LogP contribution in [0.15, 0.2) is 6.20 Å². The Morgan fingerprint density at radius 3 is 3.14 bits per heavy atom. The second kappa shape index (κ2) is 5.77. The van der Waals surface area contributed by atoms with Crippen LogP contribution in [0.25, 0.3) is 0 Å². The van der Waals surface area contributed by atoms with Gasteiger partial charge in [-0.3, -0.25) is 9.48 Å². The molecule has 0 saturated carbocycles. The van der Waals surface area contributed by atoms with Crippen molar-refractivity contribution < 1.29 is 4.79 Å². The summed E-state index contributed by atoms with van der Waals surface area (Å²) in [6, 6.07) is 0. The number of aromatic nitrogens is 3. The van der Waals surface area contributed by atoms with E-state index in [-0.39, 0.29) is 12.5 Å². The van der Waals surface area contributed by atoms with Gasteiger partial charge >= 0.3 is 0 Å². The molecule has 1 aliphatic rings. The third-order valence-electron chi connectivity index (χ3n) is 3.62. The highest BCUT2D eigenvalue weighted by molar-refractivity contribution is 7.15. The molecular formula is C14H17ClN4OS. The number of carbonyl (C=O) groups is 1. The number of anilines is 1. The zero-order valence-electron chi connectivity index (χ0n) is 12.0. The van der Waals surface area contributed by atoms with Crippen LogP contribution in [0.1, 0.15) is 29.6 Å². The fraction of sp³-hybridized carbons (Fsp3) is 0.500. The summed E-state index contributed by atoms with van der Waals surface area (Å²) in [5.74, 6) is 0.573. The molecule has 0 radical (unpaired) electrons. The molecule has 1 aliphatic carbocycles. The molecule has 2 aromatic rings. The van der Waals surface area contributed by atoms with Crippen molar-refractivity contribution in [2.45, 2.75) is 39.7 Å². The number of nitrogens with one attached hydrogen (secondary N) is 1. The Morgan fingerprint density at radius 2 is 2.43 bits per heavy atom. The number of aryl methyl sites for hydroxylation is 2. The van der Waals surface area contributed by atoms with Crippen LogP contribution >= 0.6 is 22.9 Å². The number of amides is 1. The van der Waals surface area contributed by atoms with Crippen molar-refractivity contribution in [1.82, 2.24) is 14.8 Å². The molecule has 0 spiro atoms. The van der Waals surface area contributed by atoms with Gasteiger partial charge in [0.25, 0.3) is 0 Å². The molecule has 0 saturated heterocycles. The largest absolute Gasteiger partial charge is 0.300 e.